The SMILES string of the molecule is O=C(O)c1ccc(CNc2ncnc3c2ncn3[C@@H]2O[C@H](CO)[C@@H](O)[C@H]2O)cc1. The zero-order valence-electron chi connectivity index (χ0n) is 15.1. The molecule has 0 unspecified atom stereocenters. The number of hydrogen-bond acceptors (Lipinski definition) is 9. The van der Waals surface area contributed by atoms with Gasteiger partial charge in [0.25, 0.3) is 0 Å². The molecular weight excluding hydrogens is 382 g/mol. The Hall–Kier alpha value is -3.12. The fourth-order valence-electron chi connectivity index (χ4n) is 3.23. The number of benzene rings is 1. The zero-order valence-corrected chi connectivity index (χ0v) is 15.1. The molecule has 152 valence electrons. The molecule has 3 aromatic rings. The van der Waals surface area contributed by atoms with Crippen LogP contribution in [0.25, 0.3) is 11.2 Å². The number of ether oxygens (including phenoxy) is 1. The number of fused-ring (bicyclic) bond motifs is 1. The summed E-state index contributed by atoms with van der Waals surface area (Å²) in [7, 11) is 0. The lowest BCUT2D eigenvalue weighted by Crippen LogP contribution is -2.33. The molecule has 0 aliphatic carbocycles. The lowest BCUT2D eigenvalue weighted by Gasteiger charge is -2.16. The van der Waals surface area contributed by atoms with Crippen LogP contribution in [0.5, 0.6) is 0 Å². The quantitative estimate of drug-likeness (QED) is 0.372. The number of nitrogens with one attached hydrogen (secondary N) is 1. The number of aromatic carboxylic acids is 1. The predicted molar refractivity (Wildman–Crippen MR) is 99.1 cm³/mol. The Morgan fingerprint density at radius 3 is 2.55 bits per heavy atom. The molecule has 5 N–H and O–H groups in total. The van der Waals surface area contributed by atoms with Gasteiger partial charge in [-0.3, -0.25) is 4.57 Å². The molecule has 0 radical (unpaired) electrons. The predicted octanol–water partition coefficient (Wildman–Crippen LogP) is -0.252. The van der Waals surface area contributed by atoms with Gasteiger partial charge >= 0.3 is 5.97 Å². The third kappa shape index (κ3) is 3.51. The maximum Gasteiger partial charge on any atom is 0.335 e. The smallest absolute Gasteiger partial charge is 0.335 e. The summed E-state index contributed by atoms with van der Waals surface area (Å²) in [5.41, 5.74) is 1.88. The lowest BCUT2D eigenvalue weighted by atomic mass is 10.1. The minimum atomic E-state index is -1.25. The second kappa shape index (κ2) is 7.72. The van der Waals surface area contributed by atoms with E-state index in [2.05, 4.69) is 20.3 Å². The summed E-state index contributed by atoms with van der Waals surface area (Å²) in [5, 5.41) is 41.6. The summed E-state index contributed by atoms with van der Waals surface area (Å²) < 4.78 is 7.01. The average Bonchev–Trinajstić information content (AvgIpc) is 3.28. The number of carboxylic acids is 1. The van der Waals surface area contributed by atoms with E-state index in [0.29, 0.717) is 23.5 Å². The monoisotopic (exact) mass is 401 g/mol. The number of aromatic nitrogens is 4. The van der Waals surface area contributed by atoms with Crippen molar-refractivity contribution in [3.05, 3.63) is 48.0 Å². The standard InChI is InChI=1S/C18H19N5O6/c24-6-11-13(25)14(26)17(29-11)23-8-22-12-15(20-7-21-16(12)23)19-5-9-1-3-10(4-2-9)18(27)28/h1-4,7-8,11,13-14,17,24-26H,5-6H2,(H,27,28)(H,19,20,21)/t11-,13-,14-,17-/m1/s1. The van der Waals surface area contributed by atoms with Gasteiger partial charge in [-0.25, -0.2) is 19.7 Å². The third-order valence-corrected chi connectivity index (χ3v) is 4.81. The van der Waals surface area contributed by atoms with Gasteiger partial charge in [0, 0.05) is 6.54 Å². The summed E-state index contributed by atoms with van der Waals surface area (Å²) >= 11 is 0. The summed E-state index contributed by atoms with van der Waals surface area (Å²) in [5.74, 6) is -0.541. The van der Waals surface area contributed by atoms with Crippen molar-refractivity contribution in [2.45, 2.75) is 31.1 Å². The molecule has 11 nitrogen and oxygen atoms in total. The van der Waals surface area contributed by atoms with Crippen molar-refractivity contribution in [2.24, 2.45) is 0 Å². The van der Waals surface area contributed by atoms with Crippen LogP contribution >= 0.6 is 0 Å². The topological polar surface area (TPSA) is 163 Å². The van der Waals surface area contributed by atoms with Crippen LogP contribution in [0.2, 0.25) is 0 Å². The summed E-state index contributed by atoms with van der Waals surface area (Å²) in [4.78, 5) is 23.6. The van der Waals surface area contributed by atoms with Crippen LogP contribution in [0, 0.1) is 0 Å². The summed E-state index contributed by atoms with van der Waals surface area (Å²) in [6, 6.07) is 6.44. The Morgan fingerprint density at radius 2 is 1.90 bits per heavy atom. The molecule has 1 saturated heterocycles. The van der Waals surface area contributed by atoms with Crippen molar-refractivity contribution in [1.82, 2.24) is 19.5 Å². The van der Waals surface area contributed by atoms with E-state index in [0.717, 1.165) is 5.56 Å². The van der Waals surface area contributed by atoms with Crippen LogP contribution in [0.3, 0.4) is 0 Å². The molecule has 4 rings (SSSR count). The van der Waals surface area contributed by atoms with Gasteiger partial charge in [-0.1, -0.05) is 12.1 Å². The molecule has 1 aliphatic heterocycles. The van der Waals surface area contributed by atoms with Crippen LogP contribution in [0.15, 0.2) is 36.9 Å². The van der Waals surface area contributed by atoms with E-state index in [1.165, 1.54) is 29.4 Å². The van der Waals surface area contributed by atoms with Gasteiger partial charge in [-0.05, 0) is 17.7 Å². The second-order valence-electron chi connectivity index (χ2n) is 6.63. The Bertz CT molecular complexity index is 1020. The number of anilines is 1. The first kappa shape index (κ1) is 19.2. The van der Waals surface area contributed by atoms with E-state index in [1.807, 2.05) is 0 Å². The second-order valence-corrected chi connectivity index (χ2v) is 6.63. The van der Waals surface area contributed by atoms with E-state index in [4.69, 9.17) is 9.84 Å². The molecule has 0 saturated carbocycles. The number of nitrogens with zero attached hydrogens (tertiary/aromatic N) is 4. The maximum absolute atomic E-state index is 10.9. The molecule has 4 atom stereocenters. The molecule has 11 heteroatoms. The van der Waals surface area contributed by atoms with Crippen LogP contribution < -0.4 is 5.32 Å². The van der Waals surface area contributed by atoms with E-state index >= 15 is 0 Å². The molecule has 2 aromatic heterocycles. The van der Waals surface area contributed by atoms with E-state index in [9.17, 15) is 20.1 Å². The van der Waals surface area contributed by atoms with Crippen LogP contribution in [-0.2, 0) is 11.3 Å². The Labute approximate surface area is 164 Å². The van der Waals surface area contributed by atoms with Crippen molar-refractivity contribution in [3.63, 3.8) is 0 Å². The highest BCUT2D eigenvalue weighted by atomic mass is 16.6. The van der Waals surface area contributed by atoms with Gasteiger partial charge in [0.15, 0.2) is 23.2 Å². The lowest BCUT2D eigenvalue weighted by molar-refractivity contribution is -0.0511. The number of imidazole rings is 1. The number of aliphatic hydroxyl groups is 3. The summed E-state index contributed by atoms with van der Waals surface area (Å²) in [6.45, 7) is -0.0451. The van der Waals surface area contributed by atoms with Crippen LogP contribution in [0.1, 0.15) is 22.1 Å². The van der Waals surface area contributed by atoms with Gasteiger partial charge in [0.05, 0.1) is 18.5 Å². The van der Waals surface area contributed by atoms with Crippen LogP contribution in [-0.4, -0.2) is 70.8 Å². The highest BCUT2D eigenvalue weighted by molar-refractivity contribution is 5.87. The van der Waals surface area contributed by atoms with E-state index < -0.39 is 37.1 Å². The number of carboxylic acid groups (broad SMARTS) is 1. The first-order valence-electron chi connectivity index (χ1n) is 8.85. The largest absolute Gasteiger partial charge is 0.478 e. The number of rotatable bonds is 6. The highest BCUT2D eigenvalue weighted by Gasteiger charge is 2.44. The number of aliphatic hydroxyl groups excluding tert-OH is 3. The van der Waals surface area contributed by atoms with Gasteiger partial charge < -0.3 is 30.5 Å². The van der Waals surface area contributed by atoms with Gasteiger partial charge in [0.1, 0.15) is 24.6 Å². The van der Waals surface area contributed by atoms with E-state index in [-0.39, 0.29) is 5.56 Å². The van der Waals surface area contributed by atoms with Crippen molar-refractivity contribution in [2.75, 3.05) is 11.9 Å². The maximum atomic E-state index is 10.9. The molecule has 29 heavy (non-hydrogen) atoms. The normalized spacial score (nSPS) is 24.1. The molecule has 0 amide bonds. The van der Waals surface area contributed by atoms with Gasteiger partial charge in [-0.2, -0.15) is 0 Å². The molecule has 1 aliphatic rings. The molecule has 1 aromatic carbocycles. The van der Waals surface area contributed by atoms with Crippen molar-refractivity contribution >= 4 is 23.0 Å². The summed E-state index contributed by atoms with van der Waals surface area (Å²) in [6.07, 6.45) is -1.57. The number of hydrogen-bond donors (Lipinski definition) is 5. The first-order chi connectivity index (χ1) is 14.0. The zero-order chi connectivity index (χ0) is 20.5. The van der Waals surface area contributed by atoms with Crippen molar-refractivity contribution in [1.29, 1.82) is 0 Å². The molecule has 1 fully saturated rings. The van der Waals surface area contributed by atoms with Gasteiger partial charge in [0.2, 0.25) is 0 Å². The fraction of sp³-hybridized carbons (Fsp3) is 0.333. The van der Waals surface area contributed by atoms with E-state index in [1.54, 1.807) is 12.1 Å². The third-order valence-electron chi connectivity index (χ3n) is 4.81. The van der Waals surface area contributed by atoms with Crippen LogP contribution in [0.4, 0.5) is 5.82 Å². The van der Waals surface area contributed by atoms with Crippen molar-refractivity contribution in [3.8, 4) is 0 Å². The highest BCUT2D eigenvalue weighted by Crippen LogP contribution is 2.32. The minimum absolute atomic E-state index is 0.204. The molecular formula is C18H19N5O6. The Morgan fingerprint density at radius 1 is 1.14 bits per heavy atom. The Kier molecular flexibility index (Phi) is 5.11. The molecule has 3 heterocycles. The fourth-order valence-corrected chi connectivity index (χ4v) is 3.23. The molecule has 0 bridgehead atoms. The minimum Gasteiger partial charge on any atom is -0.478 e. The average molecular weight is 401 g/mol. The number of carbonyl (C=O) groups is 1. The van der Waals surface area contributed by atoms with Crippen molar-refractivity contribution < 1.29 is 30.0 Å². The first-order valence-corrected chi connectivity index (χ1v) is 8.85. The molecule has 0 spiro atoms. The Balaban J connectivity index is 1.55. The van der Waals surface area contributed by atoms with Gasteiger partial charge in [-0.15, -0.1) is 0 Å².